The molecule has 19 heteroatoms. The van der Waals surface area contributed by atoms with Crippen LogP contribution in [0, 0.1) is 6.92 Å². The summed E-state index contributed by atoms with van der Waals surface area (Å²) < 4.78 is 21.9. The molecule has 5 N–H and O–H groups in total. The second-order valence-electron chi connectivity index (χ2n) is 11.9. The predicted octanol–water partition coefficient (Wildman–Crippen LogP) is 6.28. The molecule has 0 aliphatic heterocycles. The fourth-order valence-corrected chi connectivity index (χ4v) is 5.16. The highest BCUT2D eigenvalue weighted by molar-refractivity contribution is 6.37. The van der Waals surface area contributed by atoms with Crippen molar-refractivity contribution in [3.8, 4) is 34.5 Å². The minimum Gasteiger partial charge on any atom is -0.504 e. The van der Waals surface area contributed by atoms with Crippen LogP contribution >= 0.6 is 11.6 Å². The van der Waals surface area contributed by atoms with Crippen LogP contribution in [0.1, 0.15) is 80.7 Å². The number of phenolic OH excluding ortho intramolecular Hbond substituents is 5. The zero-order chi connectivity index (χ0) is 45.5. The lowest BCUT2D eigenvalue weighted by molar-refractivity contribution is 0.235. The highest BCUT2D eigenvalue weighted by Crippen LogP contribution is 2.37. The fourth-order valence-electron chi connectivity index (χ4n) is 4.88. The molecule has 59 heavy (non-hydrogen) atoms. The Kier molecular flexibility index (Phi) is 19.8. The van der Waals surface area contributed by atoms with Crippen LogP contribution in [0.2, 0.25) is 5.02 Å². The quantitative estimate of drug-likeness (QED) is 0.122. The number of halogens is 1. The highest BCUT2D eigenvalue weighted by atomic mass is 35.5. The van der Waals surface area contributed by atoms with Gasteiger partial charge in [0.25, 0.3) is 16.7 Å². The maximum atomic E-state index is 11.9. The number of hydrogen-bond acceptors (Lipinski definition) is 15. The van der Waals surface area contributed by atoms with E-state index in [9.17, 15) is 54.3 Å². The molecule has 324 valence electrons. The Morgan fingerprint density at radius 3 is 1.41 bits per heavy atom. The molecular weight excluding hydrogens is 798 g/mol. The van der Waals surface area contributed by atoms with Crippen LogP contribution < -0.4 is 38.3 Å². The van der Waals surface area contributed by atoms with Gasteiger partial charge in [0.2, 0.25) is 0 Å². The molecule has 0 spiro atoms. The van der Waals surface area contributed by atoms with E-state index in [4.69, 9.17) is 29.9 Å². The molecule has 0 unspecified atom stereocenters. The molecule has 6 rings (SSSR count). The Bertz CT molecular complexity index is 2740. The molecule has 0 amide bonds. The standard InChI is InChI=1S/2C11H11NO5.C10H8ClNO5.2C3H8.C2H6/c1-3-12-10(14)6-5-9(16-2)8(13)4-7(6)11(15)17-12;1-3-12-10(15)6-4-7(13)9(14)5(2)8(6)11(16)17-12;1-2-12-9(15)6-4(10(16)17-12)3-5(13)8(14)7(6)11;2*1-3-2;1-2/h4-5,13H,3H2,1-2H3;4,13-14H,3H2,1-2H3;3,13-14H,2H2,1H3;2*3H2,1-2H3;1-2H3. The molecular formula is C40H52ClN3O15. The van der Waals surface area contributed by atoms with Crippen molar-refractivity contribution in [2.24, 2.45) is 0 Å². The second-order valence-corrected chi connectivity index (χ2v) is 12.3. The predicted molar refractivity (Wildman–Crippen MR) is 225 cm³/mol. The number of benzene rings is 3. The van der Waals surface area contributed by atoms with Gasteiger partial charge >= 0.3 is 16.9 Å². The Labute approximate surface area is 341 Å². The number of aromatic nitrogens is 3. The van der Waals surface area contributed by atoms with E-state index >= 15 is 0 Å². The number of aromatic hydroxyl groups is 5. The van der Waals surface area contributed by atoms with Crippen molar-refractivity contribution < 1.29 is 43.8 Å². The number of nitrogens with zero attached hydrogens (tertiary/aromatic N) is 3. The Hall–Kier alpha value is -6.43. The van der Waals surface area contributed by atoms with Crippen LogP contribution in [0.5, 0.6) is 34.5 Å². The Morgan fingerprint density at radius 1 is 0.542 bits per heavy atom. The lowest BCUT2D eigenvalue weighted by Gasteiger charge is -2.07. The first-order valence-electron chi connectivity index (χ1n) is 18.7. The molecule has 3 heterocycles. The maximum Gasteiger partial charge on any atom is 0.364 e. The fraction of sp³-hybridized carbons (Fsp3) is 0.400. The van der Waals surface area contributed by atoms with Crippen molar-refractivity contribution in [1.82, 2.24) is 14.2 Å². The first-order valence-corrected chi connectivity index (χ1v) is 19.1. The number of hydrogen-bond donors (Lipinski definition) is 5. The SMILES string of the molecule is CC.CCC.CCC.CCn1oc(=O)c2c(C)c(O)c(O)cc2c1=O.CCn1oc(=O)c2cc(O)c(O)c(Cl)c2c1=O.CCn1oc(=O)c2cc(O)c(OC)cc2c1=O. The Balaban J connectivity index is 0.000000406. The van der Waals surface area contributed by atoms with Gasteiger partial charge in [0.1, 0.15) is 0 Å². The minimum atomic E-state index is -0.807. The monoisotopic (exact) mass is 849 g/mol. The van der Waals surface area contributed by atoms with Crippen molar-refractivity contribution in [3.05, 3.63) is 97.2 Å². The van der Waals surface area contributed by atoms with Gasteiger partial charge < -0.3 is 43.8 Å². The summed E-state index contributed by atoms with van der Waals surface area (Å²) in [7, 11) is 1.37. The highest BCUT2D eigenvalue weighted by Gasteiger charge is 2.19. The molecule has 3 aromatic heterocycles. The first-order chi connectivity index (χ1) is 27.8. The van der Waals surface area contributed by atoms with Gasteiger partial charge in [-0.1, -0.05) is 66.0 Å². The third-order valence-corrected chi connectivity index (χ3v) is 7.87. The van der Waals surface area contributed by atoms with Crippen molar-refractivity contribution in [2.75, 3.05) is 7.11 Å². The van der Waals surface area contributed by atoms with Gasteiger partial charge in [-0.15, -0.1) is 0 Å². The molecule has 18 nitrogen and oxygen atoms in total. The molecule has 0 radical (unpaired) electrons. The molecule has 6 aromatic rings. The number of fused-ring (bicyclic) bond motifs is 3. The largest absolute Gasteiger partial charge is 0.504 e. The van der Waals surface area contributed by atoms with E-state index in [2.05, 4.69) is 27.7 Å². The summed E-state index contributed by atoms with van der Waals surface area (Å²) >= 11 is 5.73. The number of rotatable bonds is 4. The normalized spacial score (nSPS) is 10.1. The first kappa shape index (κ1) is 50.6. The van der Waals surface area contributed by atoms with E-state index in [1.54, 1.807) is 20.8 Å². The van der Waals surface area contributed by atoms with Crippen molar-refractivity contribution in [1.29, 1.82) is 0 Å². The van der Waals surface area contributed by atoms with Crippen LogP contribution in [0.15, 0.2) is 66.6 Å². The van der Waals surface area contributed by atoms with Crippen LogP contribution in [-0.2, 0) is 19.6 Å². The van der Waals surface area contributed by atoms with Crippen molar-refractivity contribution in [3.63, 3.8) is 0 Å². The molecule has 0 saturated heterocycles. The van der Waals surface area contributed by atoms with Gasteiger partial charge in [-0.3, -0.25) is 14.4 Å². The van der Waals surface area contributed by atoms with Gasteiger partial charge in [0, 0.05) is 5.56 Å². The molecule has 0 fully saturated rings. The number of ether oxygens (including phenoxy) is 1. The summed E-state index contributed by atoms with van der Waals surface area (Å²) in [4.78, 5) is 70.4. The summed E-state index contributed by atoms with van der Waals surface area (Å²) in [6, 6.07) is 4.52. The van der Waals surface area contributed by atoms with Gasteiger partial charge in [-0.25, -0.2) is 14.4 Å². The Morgan fingerprint density at radius 2 is 0.932 bits per heavy atom. The summed E-state index contributed by atoms with van der Waals surface area (Å²) in [5.41, 5.74) is -3.63. The van der Waals surface area contributed by atoms with Gasteiger partial charge in [-0.2, -0.15) is 14.2 Å². The lowest BCUT2D eigenvalue weighted by Crippen LogP contribution is -2.24. The molecule has 0 atom stereocenters. The van der Waals surface area contributed by atoms with Crippen LogP contribution in [0.4, 0.5) is 0 Å². The lowest BCUT2D eigenvalue weighted by atomic mass is 10.1. The molecule has 0 aliphatic rings. The zero-order valence-corrected chi connectivity index (χ0v) is 35.6. The van der Waals surface area contributed by atoms with Crippen molar-refractivity contribution in [2.45, 2.75) is 102 Å². The van der Waals surface area contributed by atoms with E-state index in [1.807, 2.05) is 13.8 Å². The summed E-state index contributed by atoms with van der Waals surface area (Å²) in [5, 5.41) is 46.8. The van der Waals surface area contributed by atoms with E-state index in [0.29, 0.717) is 0 Å². The van der Waals surface area contributed by atoms with E-state index in [1.165, 1.54) is 39.0 Å². The average molecular weight is 850 g/mol. The van der Waals surface area contributed by atoms with E-state index in [-0.39, 0.29) is 74.0 Å². The van der Waals surface area contributed by atoms with E-state index < -0.39 is 56.6 Å². The maximum absolute atomic E-state index is 11.9. The molecule has 3 aromatic carbocycles. The average Bonchev–Trinajstić information content (AvgIpc) is 3.21. The van der Waals surface area contributed by atoms with Gasteiger partial charge in [-0.05, 0) is 52.0 Å². The van der Waals surface area contributed by atoms with Crippen molar-refractivity contribution >= 4 is 43.9 Å². The van der Waals surface area contributed by atoms with Gasteiger partial charge in [0.05, 0.1) is 64.1 Å². The number of aryl methyl sites for hydroxylation is 4. The van der Waals surface area contributed by atoms with E-state index in [0.717, 1.165) is 26.4 Å². The molecule has 0 bridgehead atoms. The number of methoxy groups -OCH3 is 1. The molecule has 0 saturated carbocycles. The smallest absolute Gasteiger partial charge is 0.364 e. The topological polar surface area (TPSA) is 267 Å². The molecule has 0 aliphatic carbocycles. The summed E-state index contributed by atoms with van der Waals surface area (Å²) in [6.45, 7) is 19.5. The minimum absolute atomic E-state index is 0.00463. The third-order valence-electron chi connectivity index (χ3n) is 7.50. The van der Waals surface area contributed by atoms with Crippen LogP contribution in [0.25, 0.3) is 32.3 Å². The zero-order valence-electron chi connectivity index (χ0n) is 34.9. The second kappa shape index (κ2) is 23.1. The third kappa shape index (κ3) is 11.4. The summed E-state index contributed by atoms with van der Waals surface area (Å²) in [5.74, 6) is -2.13. The summed E-state index contributed by atoms with van der Waals surface area (Å²) in [6.07, 6.45) is 2.50. The number of phenols is 5. The van der Waals surface area contributed by atoms with Gasteiger partial charge in [0.15, 0.2) is 34.5 Å². The van der Waals surface area contributed by atoms with Crippen LogP contribution in [-0.4, -0.2) is 46.9 Å². The van der Waals surface area contributed by atoms with Crippen LogP contribution in [0.3, 0.4) is 0 Å².